The van der Waals surface area contributed by atoms with E-state index in [1.165, 1.54) is 63.2 Å². The van der Waals surface area contributed by atoms with Crippen LogP contribution in [0.5, 0.6) is 0 Å². The summed E-state index contributed by atoms with van der Waals surface area (Å²) in [7, 11) is 0. The lowest BCUT2D eigenvalue weighted by Gasteiger charge is -2.36. The highest BCUT2D eigenvalue weighted by Crippen LogP contribution is 2.26. The Morgan fingerprint density at radius 1 is 0.909 bits per heavy atom. The molecule has 0 radical (unpaired) electrons. The van der Waals surface area contributed by atoms with Gasteiger partial charge >= 0.3 is 0 Å². The molecular weight excluding hydrogens is 268 g/mol. The summed E-state index contributed by atoms with van der Waals surface area (Å²) in [5.41, 5.74) is 2.87. The molecule has 0 N–H and O–H groups in total. The summed E-state index contributed by atoms with van der Waals surface area (Å²) in [4.78, 5) is 5.17. The molecule has 0 spiro atoms. The van der Waals surface area contributed by atoms with Gasteiger partial charge in [-0.05, 0) is 42.5 Å². The van der Waals surface area contributed by atoms with E-state index in [9.17, 15) is 0 Å². The van der Waals surface area contributed by atoms with Crippen LogP contribution in [0.1, 0.15) is 58.4 Å². The molecule has 0 bridgehead atoms. The maximum atomic E-state index is 2.63. The fraction of sp³-hybridized carbons (Fsp3) is 0.700. The lowest BCUT2D eigenvalue weighted by atomic mass is 9.90. The predicted octanol–water partition coefficient (Wildman–Crippen LogP) is 4.76. The Morgan fingerprint density at radius 3 is 2.09 bits per heavy atom. The largest absolute Gasteiger partial charge is 0.369 e. The molecule has 1 aliphatic heterocycles. The van der Waals surface area contributed by atoms with Crippen LogP contribution in [0.2, 0.25) is 0 Å². The van der Waals surface area contributed by atoms with Crippen molar-refractivity contribution in [3.05, 3.63) is 29.8 Å². The van der Waals surface area contributed by atoms with Gasteiger partial charge in [-0.2, -0.15) is 0 Å². The van der Waals surface area contributed by atoms with Gasteiger partial charge in [0, 0.05) is 31.9 Å². The number of anilines is 1. The Morgan fingerprint density at radius 2 is 1.55 bits per heavy atom. The van der Waals surface area contributed by atoms with Gasteiger partial charge in [0.2, 0.25) is 0 Å². The van der Waals surface area contributed by atoms with Crippen molar-refractivity contribution in [1.29, 1.82) is 0 Å². The van der Waals surface area contributed by atoms with Gasteiger partial charge in [-0.25, -0.2) is 0 Å². The van der Waals surface area contributed by atoms with Crippen molar-refractivity contribution in [2.24, 2.45) is 5.92 Å². The number of rotatable bonds is 7. The van der Waals surface area contributed by atoms with E-state index in [-0.39, 0.29) is 0 Å². The van der Waals surface area contributed by atoms with E-state index in [1.54, 1.807) is 0 Å². The van der Waals surface area contributed by atoms with Crippen molar-refractivity contribution in [3.63, 3.8) is 0 Å². The normalized spacial score (nSPS) is 18.0. The Kier molecular flexibility index (Phi) is 6.75. The molecule has 0 amide bonds. The van der Waals surface area contributed by atoms with Gasteiger partial charge in [0.05, 0.1) is 0 Å². The Labute approximate surface area is 137 Å². The zero-order valence-electron chi connectivity index (χ0n) is 15.0. The number of hydrogen-bond donors (Lipinski definition) is 0. The van der Waals surface area contributed by atoms with Crippen LogP contribution in [0.25, 0.3) is 0 Å². The Bertz CT molecular complexity index is 416. The minimum atomic E-state index is 0.643. The van der Waals surface area contributed by atoms with Crippen LogP contribution in [-0.4, -0.2) is 37.6 Å². The Balaban J connectivity index is 1.84. The molecule has 22 heavy (non-hydrogen) atoms. The van der Waals surface area contributed by atoms with Gasteiger partial charge < -0.3 is 4.90 Å². The number of hydrogen-bond acceptors (Lipinski definition) is 2. The highest BCUT2D eigenvalue weighted by molar-refractivity contribution is 5.48. The first-order chi connectivity index (χ1) is 10.6. The van der Waals surface area contributed by atoms with Gasteiger partial charge in [-0.1, -0.05) is 52.7 Å². The van der Waals surface area contributed by atoms with Crippen LogP contribution in [0, 0.1) is 5.92 Å². The lowest BCUT2D eigenvalue weighted by molar-refractivity contribution is 0.252. The topological polar surface area (TPSA) is 6.48 Å². The average molecular weight is 303 g/mol. The minimum absolute atomic E-state index is 0.643. The van der Waals surface area contributed by atoms with Crippen molar-refractivity contribution in [3.8, 4) is 0 Å². The molecule has 0 aliphatic carbocycles. The first-order valence-corrected chi connectivity index (χ1v) is 9.19. The summed E-state index contributed by atoms with van der Waals surface area (Å²) in [6.45, 7) is 15.3. The highest BCUT2D eigenvalue weighted by atomic mass is 15.3. The fourth-order valence-electron chi connectivity index (χ4n) is 3.19. The molecular formula is C20H34N2. The lowest BCUT2D eigenvalue weighted by Crippen LogP contribution is -2.46. The second-order valence-electron chi connectivity index (χ2n) is 7.16. The summed E-state index contributed by atoms with van der Waals surface area (Å²) in [5.74, 6) is 1.35. The molecule has 1 aromatic carbocycles. The number of piperazine rings is 1. The number of nitrogens with zero attached hydrogens (tertiary/aromatic N) is 2. The van der Waals surface area contributed by atoms with E-state index < -0.39 is 0 Å². The third kappa shape index (κ3) is 4.74. The van der Waals surface area contributed by atoms with E-state index in [4.69, 9.17) is 0 Å². The predicted molar refractivity (Wildman–Crippen MR) is 97.9 cm³/mol. The van der Waals surface area contributed by atoms with E-state index >= 15 is 0 Å². The van der Waals surface area contributed by atoms with E-state index in [0.29, 0.717) is 11.8 Å². The molecule has 2 nitrogen and oxygen atoms in total. The van der Waals surface area contributed by atoms with Crippen molar-refractivity contribution < 1.29 is 0 Å². The first kappa shape index (κ1) is 17.3. The SMILES string of the molecule is CCCCCN1CCN(c2ccc(C(C)C(C)C)cc2)CC1. The summed E-state index contributed by atoms with van der Waals surface area (Å²) < 4.78 is 0. The summed E-state index contributed by atoms with van der Waals surface area (Å²) in [6.07, 6.45) is 4.05. The zero-order valence-corrected chi connectivity index (χ0v) is 15.0. The molecule has 1 saturated heterocycles. The minimum Gasteiger partial charge on any atom is -0.369 e. The van der Waals surface area contributed by atoms with E-state index in [1.807, 2.05) is 0 Å². The molecule has 0 aromatic heterocycles. The molecule has 2 heteroatoms. The van der Waals surface area contributed by atoms with Gasteiger partial charge in [0.25, 0.3) is 0 Å². The van der Waals surface area contributed by atoms with Gasteiger partial charge in [0.1, 0.15) is 0 Å². The summed E-state index contributed by atoms with van der Waals surface area (Å²) in [6, 6.07) is 9.29. The fourth-order valence-corrected chi connectivity index (χ4v) is 3.19. The third-order valence-electron chi connectivity index (χ3n) is 5.23. The highest BCUT2D eigenvalue weighted by Gasteiger charge is 2.17. The molecule has 1 aliphatic rings. The average Bonchev–Trinajstić information content (AvgIpc) is 2.55. The van der Waals surface area contributed by atoms with Crippen LogP contribution < -0.4 is 4.90 Å². The molecule has 0 saturated carbocycles. The van der Waals surface area contributed by atoms with Crippen LogP contribution >= 0.6 is 0 Å². The molecule has 1 unspecified atom stereocenters. The standard InChI is InChI=1S/C20H34N2/c1-5-6-7-12-21-13-15-22(16-14-21)20-10-8-19(9-11-20)18(4)17(2)3/h8-11,17-18H,5-7,12-16H2,1-4H3. The van der Waals surface area contributed by atoms with Crippen LogP contribution in [0.4, 0.5) is 5.69 Å². The van der Waals surface area contributed by atoms with Crippen LogP contribution in [-0.2, 0) is 0 Å². The molecule has 1 heterocycles. The third-order valence-corrected chi connectivity index (χ3v) is 5.23. The number of unbranched alkanes of at least 4 members (excludes halogenated alkanes) is 2. The van der Waals surface area contributed by atoms with Crippen molar-refractivity contribution in [2.75, 3.05) is 37.6 Å². The zero-order chi connectivity index (χ0) is 15.9. The van der Waals surface area contributed by atoms with Gasteiger partial charge in [-0.15, -0.1) is 0 Å². The van der Waals surface area contributed by atoms with E-state index in [0.717, 1.165) is 0 Å². The Hall–Kier alpha value is -1.02. The maximum Gasteiger partial charge on any atom is 0.0367 e. The summed E-state index contributed by atoms with van der Waals surface area (Å²) in [5, 5.41) is 0. The van der Waals surface area contributed by atoms with Crippen molar-refractivity contribution >= 4 is 5.69 Å². The first-order valence-electron chi connectivity index (χ1n) is 9.19. The quantitative estimate of drug-likeness (QED) is 0.670. The van der Waals surface area contributed by atoms with Crippen LogP contribution in [0.15, 0.2) is 24.3 Å². The molecule has 1 fully saturated rings. The van der Waals surface area contributed by atoms with Gasteiger partial charge in [-0.3, -0.25) is 4.90 Å². The molecule has 1 atom stereocenters. The molecule has 1 aromatic rings. The monoisotopic (exact) mass is 302 g/mol. The second-order valence-corrected chi connectivity index (χ2v) is 7.16. The van der Waals surface area contributed by atoms with E-state index in [2.05, 4.69) is 61.8 Å². The maximum absolute atomic E-state index is 2.63. The second kappa shape index (κ2) is 8.57. The smallest absolute Gasteiger partial charge is 0.0367 e. The summed E-state index contributed by atoms with van der Waals surface area (Å²) >= 11 is 0. The van der Waals surface area contributed by atoms with Crippen molar-refractivity contribution in [1.82, 2.24) is 4.90 Å². The molecule has 2 rings (SSSR count). The van der Waals surface area contributed by atoms with Gasteiger partial charge in [0.15, 0.2) is 0 Å². The van der Waals surface area contributed by atoms with Crippen molar-refractivity contribution in [2.45, 2.75) is 52.9 Å². The number of benzene rings is 1. The van der Waals surface area contributed by atoms with Crippen LogP contribution in [0.3, 0.4) is 0 Å². The molecule has 124 valence electrons.